The van der Waals surface area contributed by atoms with Gasteiger partial charge in [-0.05, 0) is 36.4 Å². The number of rotatable bonds is 2. The van der Waals surface area contributed by atoms with Crippen molar-refractivity contribution in [3.8, 4) is 0 Å². The monoisotopic (exact) mass is 359 g/mol. The van der Waals surface area contributed by atoms with Gasteiger partial charge in [-0.3, -0.25) is 0 Å². The molecule has 0 unspecified atom stereocenters. The highest BCUT2D eigenvalue weighted by Crippen LogP contribution is 2.20. The average Bonchev–Trinajstić information content (AvgIpc) is 2.57. The summed E-state index contributed by atoms with van der Waals surface area (Å²) in [5.74, 6) is 0. The standard InChI is InChI=1S/C17H18BrN3O/c18-14-6-8-16(9-7-14)20-10-12-21(13-11-20)17(22)19-15-4-2-1-3-5-15/h1-9H,10-13H2,(H,19,22). The van der Waals surface area contributed by atoms with E-state index in [1.807, 2.05) is 47.4 Å². The van der Waals surface area contributed by atoms with Crippen LogP contribution < -0.4 is 10.2 Å². The minimum absolute atomic E-state index is 0.0262. The second-order valence-electron chi connectivity index (χ2n) is 5.25. The summed E-state index contributed by atoms with van der Waals surface area (Å²) in [6.07, 6.45) is 0. The third-order valence-corrected chi connectivity index (χ3v) is 4.31. The van der Waals surface area contributed by atoms with E-state index in [0.29, 0.717) is 0 Å². The van der Waals surface area contributed by atoms with Crippen molar-refractivity contribution in [1.29, 1.82) is 0 Å². The van der Waals surface area contributed by atoms with Crippen LogP contribution in [0.2, 0.25) is 0 Å². The minimum atomic E-state index is -0.0262. The Kier molecular flexibility index (Phi) is 4.63. The molecular weight excluding hydrogens is 342 g/mol. The van der Waals surface area contributed by atoms with Gasteiger partial charge in [-0.15, -0.1) is 0 Å². The lowest BCUT2D eigenvalue weighted by Gasteiger charge is -2.36. The Bertz CT molecular complexity index is 622. The topological polar surface area (TPSA) is 35.6 Å². The molecule has 4 nitrogen and oxygen atoms in total. The molecule has 0 aliphatic carbocycles. The average molecular weight is 360 g/mol. The molecule has 1 aliphatic rings. The summed E-state index contributed by atoms with van der Waals surface area (Å²) in [5, 5.41) is 2.94. The lowest BCUT2D eigenvalue weighted by atomic mass is 10.2. The van der Waals surface area contributed by atoms with Crippen LogP contribution in [0.3, 0.4) is 0 Å². The Balaban J connectivity index is 1.55. The lowest BCUT2D eigenvalue weighted by Crippen LogP contribution is -2.50. The van der Waals surface area contributed by atoms with Crippen molar-refractivity contribution in [2.45, 2.75) is 0 Å². The van der Waals surface area contributed by atoms with Gasteiger partial charge in [-0.25, -0.2) is 4.79 Å². The number of hydrogen-bond acceptors (Lipinski definition) is 2. The molecule has 1 N–H and O–H groups in total. The fourth-order valence-electron chi connectivity index (χ4n) is 2.54. The van der Waals surface area contributed by atoms with Crippen molar-refractivity contribution >= 4 is 33.3 Å². The molecule has 0 saturated carbocycles. The van der Waals surface area contributed by atoms with Crippen LogP contribution in [0.4, 0.5) is 16.2 Å². The molecule has 114 valence electrons. The van der Waals surface area contributed by atoms with E-state index in [2.05, 4.69) is 38.3 Å². The Labute approximate surface area is 138 Å². The first-order chi connectivity index (χ1) is 10.7. The third-order valence-electron chi connectivity index (χ3n) is 3.78. The Morgan fingerprint density at radius 3 is 2.18 bits per heavy atom. The van der Waals surface area contributed by atoms with Crippen LogP contribution >= 0.6 is 15.9 Å². The molecule has 22 heavy (non-hydrogen) atoms. The van der Waals surface area contributed by atoms with Crippen LogP contribution in [-0.2, 0) is 0 Å². The van der Waals surface area contributed by atoms with E-state index in [-0.39, 0.29) is 6.03 Å². The van der Waals surface area contributed by atoms with Gasteiger partial charge >= 0.3 is 6.03 Å². The minimum Gasteiger partial charge on any atom is -0.368 e. The summed E-state index contributed by atoms with van der Waals surface area (Å²) in [6, 6.07) is 17.8. The van der Waals surface area contributed by atoms with Gasteiger partial charge in [0.1, 0.15) is 0 Å². The van der Waals surface area contributed by atoms with Crippen molar-refractivity contribution in [3.63, 3.8) is 0 Å². The molecule has 0 spiro atoms. The number of amides is 2. The summed E-state index contributed by atoms with van der Waals surface area (Å²) in [5.41, 5.74) is 2.04. The van der Waals surface area contributed by atoms with Gasteiger partial charge < -0.3 is 15.1 Å². The zero-order valence-electron chi connectivity index (χ0n) is 12.2. The van der Waals surface area contributed by atoms with E-state index in [4.69, 9.17) is 0 Å². The Morgan fingerprint density at radius 2 is 1.55 bits per heavy atom. The summed E-state index contributed by atoms with van der Waals surface area (Å²) in [4.78, 5) is 16.4. The van der Waals surface area contributed by atoms with Gasteiger partial charge in [-0.2, -0.15) is 0 Å². The number of hydrogen-bond donors (Lipinski definition) is 1. The SMILES string of the molecule is O=C(Nc1ccccc1)N1CCN(c2ccc(Br)cc2)CC1. The fourth-order valence-corrected chi connectivity index (χ4v) is 2.81. The number of nitrogens with zero attached hydrogens (tertiary/aromatic N) is 2. The van der Waals surface area contributed by atoms with E-state index in [1.54, 1.807) is 0 Å². The molecule has 1 fully saturated rings. The predicted molar refractivity (Wildman–Crippen MR) is 93.4 cm³/mol. The van der Waals surface area contributed by atoms with E-state index in [9.17, 15) is 4.79 Å². The van der Waals surface area contributed by atoms with E-state index in [0.717, 1.165) is 36.3 Å². The van der Waals surface area contributed by atoms with Crippen LogP contribution in [0.1, 0.15) is 0 Å². The first-order valence-electron chi connectivity index (χ1n) is 7.34. The van der Waals surface area contributed by atoms with Crippen LogP contribution in [0.5, 0.6) is 0 Å². The smallest absolute Gasteiger partial charge is 0.321 e. The highest BCUT2D eigenvalue weighted by atomic mass is 79.9. The molecule has 5 heteroatoms. The van der Waals surface area contributed by atoms with Crippen LogP contribution in [-0.4, -0.2) is 37.1 Å². The molecule has 2 aromatic carbocycles. The molecule has 0 radical (unpaired) electrons. The molecule has 3 rings (SSSR count). The highest BCUT2D eigenvalue weighted by Gasteiger charge is 2.21. The maximum Gasteiger partial charge on any atom is 0.321 e. The predicted octanol–water partition coefficient (Wildman–Crippen LogP) is 3.80. The summed E-state index contributed by atoms with van der Waals surface area (Å²) < 4.78 is 1.08. The summed E-state index contributed by atoms with van der Waals surface area (Å²) in [7, 11) is 0. The second-order valence-corrected chi connectivity index (χ2v) is 6.16. The Morgan fingerprint density at radius 1 is 0.909 bits per heavy atom. The molecule has 2 aromatic rings. The molecule has 1 aliphatic heterocycles. The maximum absolute atomic E-state index is 12.2. The van der Waals surface area contributed by atoms with Crippen LogP contribution in [0.15, 0.2) is 59.1 Å². The lowest BCUT2D eigenvalue weighted by molar-refractivity contribution is 0.208. The highest BCUT2D eigenvalue weighted by molar-refractivity contribution is 9.10. The zero-order chi connectivity index (χ0) is 15.4. The summed E-state index contributed by atoms with van der Waals surface area (Å²) in [6.45, 7) is 3.16. The largest absolute Gasteiger partial charge is 0.368 e. The van der Waals surface area contributed by atoms with Crippen molar-refractivity contribution in [2.24, 2.45) is 0 Å². The molecule has 1 heterocycles. The van der Waals surface area contributed by atoms with Gasteiger partial charge in [0.25, 0.3) is 0 Å². The Hall–Kier alpha value is -2.01. The first kappa shape index (κ1) is 14.9. The third kappa shape index (κ3) is 3.60. The number of carbonyl (C=O) groups excluding carboxylic acids is 1. The molecule has 2 amide bonds. The van der Waals surface area contributed by atoms with E-state index >= 15 is 0 Å². The number of carbonyl (C=O) groups is 1. The molecule has 1 saturated heterocycles. The number of piperazine rings is 1. The van der Waals surface area contributed by atoms with Crippen molar-refractivity contribution in [1.82, 2.24) is 4.90 Å². The number of halogens is 1. The first-order valence-corrected chi connectivity index (χ1v) is 8.13. The number of benzene rings is 2. The van der Waals surface area contributed by atoms with Crippen molar-refractivity contribution in [3.05, 3.63) is 59.1 Å². The number of nitrogens with one attached hydrogen (secondary N) is 1. The summed E-state index contributed by atoms with van der Waals surface area (Å²) >= 11 is 3.45. The normalized spacial score (nSPS) is 14.8. The van der Waals surface area contributed by atoms with Gasteiger partial charge in [-0.1, -0.05) is 34.1 Å². The van der Waals surface area contributed by atoms with Gasteiger partial charge in [0, 0.05) is 42.0 Å². The van der Waals surface area contributed by atoms with E-state index in [1.165, 1.54) is 5.69 Å². The fraction of sp³-hybridized carbons (Fsp3) is 0.235. The number of anilines is 2. The molecule has 0 atom stereocenters. The second kappa shape index (κ2) is 6.83. The molecular formula is C17H18BrN3O. The zero-order valence-corrected chi connectivity index (χ0v) is 13.8. The quantitative estimate of drug-likeness (QED) is 0.884. The van der Waals surface area contributed by atoms with Gasteiger partial charge in [0.15, 0.2) is 0 Å². The van der Waals surface area contributed by atoms with E-state index < -0.39 is 0 Å². The van der Waals surface area contributed by atoms with Gasteiger partial charge in [0.2, 0.25) is 0 Å². The molecule has 0 bridgehead atoms. The molecule has 0 aromatic heterocycles. The number of urea groups is 1. The van der Waals surface area contributed by atoms with Crippen molar-refractivity contribution < 1.29 is 4.79 Å². The van der Waals surface area contributed by atoms with Crippen LogP contribution in [0, 0.1) is 0 Å². The maximum atomic E-state index is 12.2. The van der Waals surface area contributed by atoms with Crippen LogP contribution in [0.25, 0.3) is 0 Å². The number of para-hydroxylation sites is 1. The van der Waals surface area contributed by atoms with Gasteiger partial charge in [0.05, 0.1) is 0 Å². The van der Waals surface area contributed by atoms with Crippen molar-refractivity contribution in [2.75, 3.05) is 36.4 Å².